The van der Waals surface area contributed by atoms with E-state index in [1.807, 2.05) is 30.3 Å². The molecule has 0 aliphatic heterocycles. The largest absolute Gasteiger partial charge is 2.00 e. The quantitative estimate of drug-likeness (QED) is 0.286. The normalized spacial score (nSPS) is 9.86. The average Bonchev–Trinajstić information content (AvgIpc) is 2.50. The Balaban J connectivity index is 0.00000242. The van der Waals surface area contributed by atoms with Crippen LogP contribution in [0.15, 0.2) is 53.6 Å². The van der Waals surface area contributed by atoms with Gasteiger partial charge in [0.25, 0.3) is 0 Å². The van der Waals surface area contributed by atoms with Gasteiger partial charge in [-0.05, 0) is 36.5 Å². The first-order valence-electron chi connectivity index (χ1n) is 6.24. The molecule has 2 aromatic rings. The number of ether oxygens (including phenoxy) is 1. The van der Waals surface area contributed by atoms with Gasteiger partial charge in [-0.1, -0.05) is 24.3 Å². The van der Waals surface area contributed by atoms with Crippen molar-refractivity contribution in [2.24, 2.45) is 5.10 Å². The van der Waals surface area contributed by atoms with Crippen molar-refractivity contribution in [3.63, 3.8) is 0 Å². The van der Waals surface area contributed by atoms with Crippen LogP contribution in [0, 0.1) is 0 Å². The Bertz CT molecular complexity index is 650. The van der Waals surface area contributed by atoms with Crippen molar-refractivity contribution in [2.75, 3.05) is 12.4 Å². The van der Waals surface area contributed by atoms with Gasteiger partial charge in [0.1, 0.15) is 0 Å². The van der Waals surface area contributed by atoms with Crippen LogP contribution >= 0.6 is 12.2 Å². The summed E-state index contributed by atoms with van der Waals surface area (Å²) in [7, 11) is 1.53. The molecule has 0 aromatic heterocycles. The first-order valence-corrected chi connectivity index (χ1v) is 6.65. The van der Waals surface area contributed by atoms with Gasteiger partial charge in [-0.15, -0.1) is 0 Å². The summed E-state index contributed by atoms with van der Waals surface area (Å²) in [6, 6.07) is 14.9. The summed E-state index contributed by atoms with van der Waals surface area (Å²) in [4.78, 5) is 0. The Labute approximate surface area is 147 Å². The van der Waals surface area contributed by atoms with Crippen LogP contribution < -0.4 is 15.5 Å². The third-order valence-electron chi connectivity index (χ3n) is 2.68. The molecule has 22 heavy (non-hydrogen) atoms. The summed E-state index contributed by atoms with van der Waals surface area (Å²) in [5, 5.41) is 15.3. The maximum Gasteiger partial charge on any atom is 2.00 e. The number of hydrogen-bond donors (Lipinski definition) is 2. The first-order chi connectivity index (χ1) is 10.2. The number of para-hydroxylation sites is 2. The number of anilines is 1. The van der Waals surface area contributed by atoms with Gasteiger partial charge in [0.2, 0.25) is 5.75 Å². The molecule has 0 amide bonds. The molecule has 0 heterocycles. The molecule has 0 saturated heterocycles. The molecule has 4 N–H and O–H groups in total. The number of nitrogens with zero attached hydrogens (tertiary/aromatic N) is 1. The molecule has 0 bridgehead atoms. The van der Waals surface area contributed by atoms with Gasteiger partial charge in [-0.3, -0.25) is 5.43 Å². The van der Waals surface area contributed by atoms with Crippen molar-refractivity contribution in [1.82, 2.24) is 5.43 Å². The molecule has 0 fully saturated rings. The summed E-state index contributed by atoms with van der Waals surface area (Å²) in [6.07, 6.45) is 1.53. The van der Waals surface area contributed by atoms with Gasteiger partial charge >= 0.3 is 25.2 Å². The van der Waals surface area contributed by atoms with E-state index in [4.69, 9.17) is 22.1 Å². The predicted molar refractivity (Wildman–Crippen MR) is 89.4 cm³/mol. The molecule has 0 saturated carbocycles. The van der Waals surface area contributed by atoms with E-state index in [1.54, 1.807) is 18.2 Å². The fourth-order valence-electron chi connectivity index (χ4n) is 1.67. The Kier molecular flexibility index (Phi) is 7.50. The minimum atomic E-state index is 0. The van der Waals surface area contributed by atoms with E-state index in [-0.39, 0.29) is 25.2 Å². The summed E-state index contributed by atoms with van der Waals surface area (Å²) in [6.45, 7) is 0. The third-order valence-corrected chi connectivity index (χ3v) is 2.87. The van der Waals surface area contributed by atoms with Crippen molar-refractivity contribution in [3.05, 3.63) is 54.1 Å². The van der Waals surface area contributed by atoms with Crippen molar-refractivity contribution in [1.29, 1.82) is 0 Å². The monoisotopic (exact) mass is 366 g/mol. The molecule has 0 spiro atoms. The molecule has 0 unspecified atom stereocenters. The number of benzene rings is 2. The fraction of sp³-hybridized carbons (Fsp3) is 0.0667. The minimum Gasteiger partial charge on any atom is -0.590 e. The van der Waals surface area contributed by atoms with E-state index in [1.165, 1.54) is 13.3 Å². The summed E-state index contributed by atoms with van der Waals surface area (Å²) >= 11 is 5.13. The van der Waals surface area contributed by atoms with Crippen LogP contribution in [0.3, 0.4) is 0 Å². The van der Waals surface area contributed by atoms with Crippen LogP contribution in [0.25, 0.3) is 0 Å². The Morgan fingerprint density at radius 1 is 1.18 bits per heavy atom. The zero-order chi connectivity index (χ0) is 15.1. The molecule has 0 aliphatic rings. The van der Waals surface area contributed by atoms with E-state index in [0.717, 1.165) is 5.69 Å². The number of hydrogen-bond acceptors (Lipinski definition) is 3. The van der Waals surface area contributed by atoms with E-state index in [0.29, 0.717) is 16.4 Å². The summed E-state index contributed by atoms with van der Waals surface area (Å²) in [5.41, 5.74) is 4.24. The molecule has 5 nitrogen and oxygen atoms in total. The molecule has 108 valence electrons. The molecule has 0 atom stereocenters. The second-order valence-electron chi connectivity index (χ2n) is 4.11. The van der Waals surface area contributed by atoms with Crippen LogP contribution in [-0.4, -0.2) is 23.5 Å². The number of hydrazone groups is 1. The molecular formula is C15H16N3O2SZn+3. The van der Waals surface area contributed by atoms with Crippen LogP contribution in [0.1, 0.15) is 5.56 Å². The molecule has 7 heteroatoms. The van der Waals surface area contributed by atoms with Gasteiger partial charge in [0, 0.05) is 5.69 Å². The number of methoxy groups -OCH3 is 1. The first kappa shape index (κ1) is 18.1. The van der Waals surface area contributed by atoms with Crippen molar-refractivity contribution in [3.8, 4) is 11.5 Å². The minimum absolute atomic E-state index is 0. The maximum atomic E-state index is 7.92. The molecule has 2 aromatic carbocycles. The fourth-order valence-corrected chi connectivity index (χ4v) is 1.84. The standard InChI is InChI=1S/C15H15N3O2S.Zn/c1-20-13-9-5-6-11(14(13)19)10-16-18-15(21)17-12-7-3-2-4-8-12;/h2-10,19H,1H3,(H2,17,18,21);/q;+2/p+1. The van der Waals surface area contributed by atoms with Gasteiger partial charge in [0.05, 0.1) is 18.9 Å². The Morgan fingerprint density at radius 2 is 1.91 bits per heavy atom. The van der Waals surface area contributed by atoms with E-state index >= 15 is 0 Å². The van der Waals surface area contributed by atoms with Crippen molar-refractivity contribution in [2.45, 2.75) is 0 Å². The molecule has 0 aliphatic carbocycles. The van der Waals surface area contributed by atoms with Gasteiger partial charge in [-0.2, -0.15) is 5.10 Å². The van der Waals surface area contributed by atoms with Crippen molar-refractivity contribution >= 4 is 29.2 Å². The smallest absolute Gasteiger partial charge is 0.590 e. The summed E-state index contributed by atoms with van der Waals surface area (Å²) < 4.78 is 5.08. The van der Waals surface area contributed by atoms with E-state index < -0.39 is 0 Å². The van der Waals surface area contributed by atoms with Crippen LogP contribution in [0.5, 0.6) is 11.5 Å². The van der Waals surface area contributed by atoms with Crippen LogP contribution in [0.2, 0.25) is 0 Å². The third kappa shape index (κ3) is 5.09. The van der Waals surface area contributed by atoms with Crippen LogP contribution in [0.4, 0.5) is 5.69 Å². The molecule has 2 rings (SSSR count). The number of rotatable bonds is 4. The number of nitrogens with one attached hydrogen (secondary N) is 2. The predicted octanol–water partition coefficient (Wildman–Crippen LogP) is 2.45. The average molecular weight is 368 g/mol. The second-order valence-corrected chi connectivity index (χ2v) is 4.52. The van der Waals surface area contributed by atoms with E-state index in [2.05, 4.69) is 15.8 Å². The Morgan fingerprint density at radius 3 is 2.59 bits per heavy atom. The van der Waals surface area contributed by atoms with E-state index in [9.17, 15) is 0 Å². The Hall–Kier alpha value is -1.98. The SMILES string of the molecule is COc1cccc(C=NNC(=S)Nc2ccccc2)c1[OH2+].[Zn+2]. The molecule has 0 radical (unpaired) electrons. The topological polar surface area (TPSA) is 68.5 Å². The van der Waals surface area contributed by atoms with Gasteiger partial charge in [-0.25, -0.2) is 0 Å². The second kappa shape index (κ2) is 9.12. The molecular weight excluding hydrogens is 352 g/mol. The number of thiocarbonyl (C=S) groups is 1. The van der Waals surface area contributed by atoms with Gasteiger partial charge in [0.15, 0.2) is 5.11 Å². The summed E-state index contributed by atoms with van der Waals surface area (Å²) in [5.74, 6) is 0.788. The maximum absolute atomic E-state index is 7.92. The van der Waals surface area contributed by atoms with Crippen LogP contribution in [-0.2, 0) is 19.5 Å². The van der Waals surface area contributed by atoms with Gasteiger partial charge < -0.3 is 15.2 Å². The zero-order valence-electron chi connectivity index (χ0n) is 12.2. The van der Waals surface area contributed by atoms with Crippen molar-refractivity contribution < 1.29 is 29.3 Å². The zero-order valence-corrected chi connectivity index (χ0v) is 16.0.